The molecule has 186 valence electrons. The van der Waals surface area contributed by atoms with Crippen molar-refractivity contribution in [2.45, 2.75) is 29.9 Å². The highest BCUT2D eigenvalue weighted by atomic mass is 19.4. The molecule has 1 aliphatic carbocycles. The van der Waals surface area contributed by atoms with Gasteiger partial charge in [-0.1, -0.05) is 5.76 Å². The molecule has 0 bridgehead atoms. The normalized spacial score (nSPS) is 23.0. The van der Waals surface area contributed by atoms with E-state index in [-0.39, 0.29) is 0 Å². The SMILES string of the molecule is O=C(/C=C(\[O-])c1c(F)c(F)c(F)c(F)c1F)C1(C(F)(F)F)C(F)(F)C(F)(F)C(F)(F)C1(F)F. The number of ketones is 1. The topological polar surface area (TPSA) is 40.1 Å². The molecule has 1 saturated carbocycles. The van der Waals surface area contributed by atoms with Crippen molar-refractivity contribution in [2.75, 3.05) is 0 Å². The monoisotopic (exact) mass is 517 g/mol. The maximum Gasteiger partial charge on any atom is 0.414 e. The minimum absolute atomic E-state index is 1.83. The summed E-state index contributed by atoms with van der Waals surface area (Å²) in [7, 11) is 0. The van der Waals surface area contributed by atoms with Gasteiger partial charge >= 0.3 is 29.9 Å². The maximum atomic E-state index is 13.9. The van der Waals surface area contributed by atoms with E-state index in [1.165, 1.54) is 0 Å². The molecule has 0 aromatic heterocycles. The maximum absolute atomic E-state index is 13.9. The number of carbonyl (C=O) groups is 1. The van der Waals surface area contributed by atoms with Crippen LogP contribution in [0.5, 0.6) is 0 Å². The first kappa shape index (κ1) is 26.6. The van der Waals surface area contributed by atoms with Crippen molar-refractivity contribution in [1.82, 2.24) is 0 Å². The summed E-state index contributed by atoms with van der Waals surface area (Å²) in [5.74, 6) is -53.4. The van der Waals surface area contributed by atoms with Gasteiger partial charge in [0.1, 0.15) is 0 Å². The van der Waals surface area contributed by atoms with Crippen LogP contribution in [0.3, 0.4) is 0 Å². The minimum Gasteiger partial charge on any atom is -0.872 e. The summed E-state index contributed by atoms with van der Waals surface area (Å²) in [5, 5.41) is 11.6. The lowest BCUT2D eigenvalue weighted by Gasteiger charge is -2.37. The lowest BCUT2D eigenvalue weighted by atomic mass is 9.74. The number of hydrogen-bond acceptors (Lipinski definition) is 2. The van der Waals surface area contributed by atoms with Crippen LogP contribution < -0.4 is 5.11 Å². The van der Waals surface area contributed by atoms with E-state index in [0.29, 0.717) is 0 Å². The van der Waals surface area contributed by atoms with Gasteiger partial charge in [0.05, 0.1) is 0 Å². The highest BCUT2D eigenvalue weighted by molar-refractivity contribution is 6.02. The van der Waals surface area contributed by atoms with Gasteiger partial charge in [-0.2, -0.15) is 48.3 Å². The van der Waals surface area contributed by atoms with Crippen LogP contribution in [0.2, 0.25) is 0 Å². The summed E-state index contributed by atoms with van der Waals surface area (Å²) < 4.78 is 215. The molecule has 0 radical (unpaired) electrons. The van der Waals surface area contributed by atoms with E-state index in [2.05, 4.69) is 0 Å². The average Bonchev–Trinajstić information content (AvgIpc) is 2.69. The molecule has 0 amide bonds. The van der Waals surface area contributed by atoms with E-state index >= 15 is 0 Å². The van der Waals surface area contributed by atoms with Crippen LogP contribution in [-0.4, -0.2) is 35.6 Å². The smallest absolute Gasteiger partial charge is 0.414 e. The molecule has 1 aromatic carbocycles. The van der Waals surface area contributed by atoms with Crippen molar-refractivity contribution in [2.24, 2.45) is 5.41 Å². The Kier molecular flexibility index (Phi) is 5.56. The molecule has 0 heterocycles. The number of halogens is 16. The summed E-state index contributed by atoms with van der Waals surface area (Å²) in [6.45, 7) is 0. The number of alkyl halides is 11. The van der Waals surface area contributed by atoms with E-state index < -0.39 is 87.5 Å². The Morgan fingerprint density at radius 3 is 1.24 bits per heavy atom. The quantitative estimate of drug-likeness (QED) is 0.191. The summed E-state index contributed by atoms with van der Waals surface area (Å²) >= 11 is 0. The van der Waals surface area contributed by atoms with Crippen LogP contribution in [0.25, 0.3) is 5.76 Å². The fraction of sp³-hybridized carbons (Fsp3) is 0.400. The third-order valence-corrected chi connectivity index (χ3v) is 4.64. The lowest BCUT2D eigenvalue weighted by molar-refractivity contribution is -0.341. The Balaban J connectivity index is 2.94. The van der Waals surface area contributed by atoms with Crippen molar-refractivity contribution < 1.29 is 80.1 Å². The van der Waals surface area contributed by atoms with Gasteiger partial charge in [-0.15, -0.1) is 0 Å². The van der Waals surface area contributed by atoms with Crippen LogP contribution in [0, 0.1) is 34.5 Å². The zero-order valence-corrected chi connectivity index (χ0v) is 14.4. The van der Waals surface area contributed by atoms with E-state index in [1.807, 2.05) is 0 Å². The first-order valence-electron chi connectivity index (χ1n) is 7.51. The highest BCUT2D eigenvalue weighted by Crippen LogP contribution is 2.75. The molecule has 2 nitrogen and oxygen atoms in total. The molecule has 0 N–H and O–H groups in total. The van der Waals surface area contributed by atoms with Crippen LogP contribution >= 0.6 is 0 Å². The third-order valence-electron chi connectivity index (χ3n) is 4.64. The van der Waals surface area contributed by atoms with Gasteiger partial charge in [0.15, 0.2) is 29.1 Å². The van der Waals surface area contributed by atoms with Crippen molar-refractivity contribution >= 4 is 11.5 Å². The van der Waals surface area contributed by atoms with Gasteiger partial charge in [0, 0.05) is 5.56 Å². The predicted octanol–water partition coefficient (Wildman–Crippen LogP) is 4.76. The summed E-state index contributed by atoms with van der Waals surface area (Å²) in [6.07, 6.45) is -9.53. The van der Waals surface area contributed by atoms with E-state index in [9.17, 15) is 80.1 Å². The molecule has 0 spiro atoms. The van der Waals surface area contributed by atoms with Gasteiger partial charge in [-0.25, -0.2) is 22.0 Å². The molecule has 0 atom stereocenters. The Labute approximate surface area is 169 Å². The van der Waals surface area contributed by atoms with E-state index in [0.717, 1.165) is 0 Å². The molecular formula is C15HF16O2-. The molecule has 0 saturated heterocycles. The van der Waals surface area contributed by atoms with Gasteiger partial charge < -0.3 is 5.11 Å². The van der Waals surface area contributed by atoms with Crippen molar-refractivity contribution in [3.8, 4) is 0 Å². The first-order chi connectivity index (χ1) is 14.5. The second-order valence-electron chi connectivity index (χ2n) is 6.36. The van der Waals surface area contributed by atoms with Crippen LogP contribution in [-0.2, 0) is 4.79 Å². The molecule has 1 aromatic rings. The van der Waals surface area contributed by atoms with Crippen LogP contribution in [0.4, 0.5) is 70.2 Å². The van der Waals surface area contributed by atoms with Gasteiger partial charge in [0.2, 0.25) is 5.82 Å². The highest BCUT2D eigenvalue weighted by Gasteiger charge is 3.06. The average molecular weight is 517 g/mol. The van der Waals surface area contributed by atoms with Crippen LogP contribution in [0.15, 0.2) is 6.08 Å². The fourth-order valence-electron chi connectivity index (χ4n) is 2.99. The van der Waals surface area contributed by atoms with Crippen molar-refractivity contribution in [3.05, 3.63) is 40.7 Å². The Morgan fingerprint density at radius 2 is 0.939 bits per heavy atom. The molecule has 0 unspecified atom stereocenters. The Morgan fingerprint density at radius 1 is 0.636 bits per heavy atom. The van der Waals surface area contributed by atoms with Gasteiger partial charge in [-0.05, 0) is 6.08 Å². The standard InChI is InChI=1S/C15H2F16O2/c16-5-4(6(17)8(19)9(20)7(5)18)2(32)1-3(33)10(15(29,30)31)11(21,22)13(25,26)14(27,28)12(10,23)24/h1,32H/p-1/b2-1-. The molecule has 1 aliphatic rings. The summed E-state index contributed by atoms with van der Waals surface area (Å²) in [6, 6.07) is 0. The zero-order valence-electron chi connectivity index (χ0n) is 14.4. The second-order valence-corrected chi connectivity index (χ2v) is 6.36. The summed E-state index contributed by atoms with van der Waals surface area (Å²) in [5.41, 5.74) is -10.3. The lowest BCUT2D eigenvalue weighted by Crippen LogP contribution is -2.64. The second kappa shape index (κ2) is 6.91. The fourth-order valence-corrected chi connectivity index (χ4v) is 2.99. The number of carbonyl (C=O) groups excluding carboxylic acids is 1. The molecule has 18 heteroatoms. The molecular weight excluding hydrogens is 516 g/mol. The predicted molar refractivity (Wildman–Crippen MR) is 67.5 cm³/mol. The van der Waals surface area contributed by atoms with Crippen molar-refractivity contribution in [1.29, 1.82) is 0 Å². The number of allylic oxidation sites excluding steroid dienone is 1. The molecule has 2 rings (SSSR count). The zero-order chi connectivity index (χ0) is 26.3. The number of rotatable bonds is 3. The minimum atomic E-state index is -7.70. The summed E-state index contributed by atoms with van der Waals surface area (Å²) in [4.78, 5) is 11.7. The van der Waals surface area contributed by atoms with Crippen molar-refractivity contribution in [3.63, 3.8) is 0 Å². The van der Waals surface area contributed by atoms with Gasteiger partial charge in [0.25, 0.3) is 5.41 Å². The van der Waals surface area contributed by atoms with Crippen LogP contribution in [0.1, 0.15) is 5.56 Å². The van der Waals surface area contributed by atoms with E-state index in [4.69, 9.17) is 0 Å². The Hall–Kier alpha value is -2.69. The first-order valence-corrected chi connectivity index (χ1v) is 7.51. The number of benzene rings is 1. The number of hydrogen-bond donors (Lipinski definition) is 0. The molecule has 1 fully saturated rings. The Bertz CT molecular complexity index is 996. The largest absolute Gasteiger partial charge is 0.872 e. The van der Waals surface area contributed by atoms with E-state index in [1.54, 1.807) is 0 Å². The molecule has 33 heavy (non-hydrogen) atoms. The molecule has 0 aliphatic heterocycles. The third kappa shape index (κ3) is 2.74. The van der Waals surface area contributed by atoms with Gasteiger partial charge in [-0.3, -0.25) is 4.79 Å².